The van der Waals surface area contributed by atoms with Gasteiger partial charge in [0.15, 0.2) is 12.4 Å². The van der Waals surface area contributed by atoms with Crippen molar-refractivity contribution < 1.29 is 35.0 Å². The molecule has 8 heteroatoms. The van der Waals surface area contributed by atoms with Crippen molar-refractivity contribution in [3.63, 3.8) is 0 Å². The van der Waals surface area contributed by atoms with Crippen LogP contribution in [0.15, 0.2) is 61.2 Å². The zero-order chi connectivity index (χ0) is 20.3. The highest BCUT2D eigenvalue weighted by Crippen LogP contribution is 2.11. The maximum Gasteiger partial charge on any atom is 0.306 e. The van der Waals surface area contributed by atoms with Crippen molar-refractivity contribution in [1.82, 2.24) is 4.98 Å². The molecule has 3 heterocycles. The van der Waals surface area contributed by atoms with Gasteiger partial charge >= 0.3 is 11.9 Å². The molecular formula is C20H31N2O6+. The van der Waals surface area contributed by atoms with Gasteiger partial charge in [-0.3, -0.25) is 14.6 Å². The molecule has 28 heavy (non-hydrogen) atoms. The van der Waals surface area contributed by atoms with Crippen molar-refractivity contribution in [2.75, 3.05) is 0 Å². The minimum absolute atomic E-state index is 0. The summed E-state index contributed by atoms with van der Waals surface area (Å²) >= 11 is 0. The Bertz CT molecular complexity index is 511. The van der Waals surface area contributed by atoms with E-state index in [4.69, 9.17) is 14.9 Å². The number of aliphatic carboxylic acids is 1. The molecule has 0 spiro atoms. The number of aromatic nitrogens is 2. The van der Waals surface area contributed by atoms with Gasteiger partial charge < -0.3 is 20.4 Å². The predicted octanol–water partition coefficient (Wildman–Crippen LogP) is 1.70. The molecule has 5 N–H and O–H groups in total. The van der Waals surface area contributed by atoms with E-state index in [-0.39, 0.29) is 24.0 Å². The summed E-state index contributed by atoms with van der Waals surface area (Å²) in [6, 6.07) is 11.6. The van der Waals surface area contributed by atoms with Gasteiger partial charge in [0.1, 0.15) is 0 Å². The summed E-state index contributed by atoms with van der Waals surface area (Å²) in [5.41, 5.74) is 0. The number of carbonyl (C=O) groups is 2. The zero-order valence-electron chi connectivity index (χ0n) is 16.3. The third kappa shape index (κ3) is 21.2. The Hall–Kier alpha value is -2.84. The Morgan fingerprint density at radius 3 is 1.93 bits per heavy atom. The number of nitrogens with zero attached hydrogens (tertiary/aromatic N) is 1. The number of nitrogens with one attached hydrogen (secondary N) is 1. The van der Waals surface area contributed by atoms with E-state index in [1.807, 2.05) is 55.7 Å². The Balaban J connectivity index is 0. The largest absolute Gasteiger partial charge is 0.481 e. The number of hydrogen-bond acceptors (Lipinski definition) is 5. The van der Waals surface area contributed by atoms with Crippen LogP contribution < -0.4 is 4.98 Å². The van der Waals surface area contributed by atoms with Crippen molar-refractivity contribution in [3.05, 3.63) is 61.2 Å². The summed E-state index contributed by atoms with van der Waals surface area (Å²) in [4.78, 5) is 26.7. The Labute approximate surface area is 165 Å². The number of carboxylic acid groups (broad SMARTS) is 1. The lowest BCUT2D eigenvalue weighted by molar-refractivity contribution is -0.377. The van der Waals surface area contributed by atoms with Crippen molar-refractivity contribution in [2.45, 2.75) is 51.7 Å². The van der Waals surface area contributed by atoms with Crippen LogP contribution in [0, 0.1) is 0 Å². The van der Waals surface area contributed by atoms with Gasteiger partial charge in [0.25, 0.3) is 0 Å². The normalized spacial score (nSPS) is 14.8. The van der Waals surface area contributed by atoms with E-state index >= 15 is 0 Å². The zero-order valence-corrected chi connectivity index (χ0v) is 16.3. The van der Waals surface area contributed by atoms with E-state index < -0.39 is 12.1 Å². The van der Waals surface area contributed by atoms with Crippen LogP contribution in [-0.4, -0.2) is 44.8 Å². The molecule has 156 valence electrons. The number of ether oxygens (including phenoxy) is 1. The second-order valence-electron chi connectivity index (χ2n) is 5.72. The first-order valence-electron chi connectivity index (χ1n) is 8.77. The van der Waals surface area contributed by atoms with Crippen molar-refractivity contribution >= 4 is 11.9 Å². The number of cyclic esters (lactones) is 1. The van der Waals surface area contributed by atoms with E-state index in [0.29, 0.717) is 12.8 Å². The maximum atomic E-state index is 10.2. The van der Waals surface area contributed by atoms with Crippen molar-refractivity contribution in [2.24, 2.45) is 0 Å². The number of esters is 1. The first kappa shape index (κ1) is 27.4. The molecule has 0 aliphatic carbocycles. The van der Waals surface area contributed by atoms with E-state index in [1.54, 1.807) is 19.3 Å². The molecule has 2 aromatic rings. The topological polar surface area (TPSA) is 142 Å². The van der Waals surface area contributed by atoms with Gasteiger partial charge in [0.05, 0.1) is 12.2 Å². The lowest BCUT2D eigenvalue weighted by Crippen LogP contribution is -2.03. The fourth-order valence-corrected chi connectivity index (χ4v) is 1.65. The lowest BCUT2D eigenvalue weighted by atomic mass is 10.2. The number of rotatable bonds is 3. The second kappa shape index (κ2) is 18.9. The molecule has 1 aliphatic heterocycles. The molecule has 1 saturated heterocycles. The molecule has 1 aliphatic rings. The van der Waals surface area contributed by atoms with Gasteiger partial charge in [-0.2, -0.15) is 0 Å². The van der Waals surface area contributed by atoms with Gasteiger partial charge in [-0.15, -0.1) is 0 Å². The van der Waals surface area contributed by atoms with E-state index in [2.05, 4.69) is 9.97 Å². The Kier molecular flexibility index (Phi) is 18.5. The van der Waals surface area contributed by atoms with Crippen LogP contribution in [-0.2, 0) is 14.3 Å². The SMILES string of the molecule is CC(O)CCC(=O)O.CC1CCC(=O)O1.O.c1cc[nH+]cc1.c1ccncc1. The number of hydrogen-bond donors (Lipinski definition) is 2. The van der Waals surface area contributed by atoms with Gasteiger partial charge in [-0.25, -0.2) is 4.98 Å². The highest BCUT2D eigenvalue weighted by molar-refractivity contribution is 5.71. The van der Waals surface area contributed by atoms with Crippen LogP contribution in [0.1, 0.15) is 39.5 Å². The molecule has 0 bridgehead atoms. The van der Waals surface area contributed by atoms with Crippen LogP contribution in [0.5, 0.6) is 0 Å². The molecule has 8 nitrogen and oxygen atoms in total. The van der Waals surface area contributed by atoms with Crippen LogP contribution in [0.4, 0.5) is 0 Å². The summed E-state index contributed by atoms with van der Waals surface area (Å²) in [6.07, 6.45) is 8.84. The summed E-state index contributed by atoms with van der Waals surface area (Å²) in [7, 11) is 0. The summed E-state index contributed by atoms with van der Waals surface area (Å²) in [6.45, 7) is 3.48. The molecule has 3 rings (SSSR count). The molecule has 2 atom stereocenters. The van der Waals surface area contributed by atoms with Crippen molar-refractivity contribution in [3.8, 4) is 0 Å². The average molecular weight is 395 g/mol. The monoisotopic (exact) mass is 395 g/mol. The number of aliphatic hydroxyl groups is 1. The molecule has 2 aromatic heterocycles. The highest BCUT2D eigenvalue weighted by atomic mass is 16.5. The lowest BCUT2D eigenvalue weighted by Gasteiger charge is -1.97. The van der Waals surface area contributed by atoms with Crippen molar-refractivity contribution in [1.29, 1.82) is 0 Å². The van der Waals surface area contributed by atoms with Crippen LogP contribution in [0.3, 0.4) is 0 Å². The second-order valence-corrected chi connectivity index (χ2v) is 5.72. The van der Waals surface area contributed by atoms with E-state index in [9.17, 15) is 9.59 Å². The van der Waals surface area contributed by atoms with Gasteiger partial charge in [-0.05, 0) is 38.8 Å². The summed E-state index contributed by atoms with van der Waals surface area (Å²) in [5, 5.41) is 16.6. The molecular weight excluding hydrogens is 364 g/mol. The number of aromatic amines is 1. The van der Waals surface area contributed by atoms with Crippen LogP contribution in [0.25, 0.3) is 0 Å². The number of pyridine rings is 2. The smallest absolute Gasteiger partial charge is 0.306 e. The van der Waals surface area contributed by atoms with Crippen LogP contribution in [0.2, 0.25) is 0 Å². The first-order chi connectivity index (χ1) is 12.9. The third-order valence-corrected chi connectivity index (χ3v) is 3.04. The average Bonchev–Trinajstić information content (AvgIpc) is 3.07. The third-order valence-electron chi connectivity index (χ3n) is 3.04. The maximum absolute atomic E-state index is 10.2. The molecule has 0 saturated carbocycles. The van der Waals surface area contributed by atoms with Gasteiger partial charge in [0.2, 0.25) is 0 Å². The quantitative estimate of drug-likeness (QED) is 0.757. The Morgan fingerprint density at radius 2 is 1.79 bits per heavy atom. The predicted molar refractivity (Wildman–Crippen MR) is 104 cm³/mol. The van der Waals surface area contributed by atoms with E-state index in [1.165, 1.54) is 0 Å². The number of H-pyrrole nitrogens is 1. The summed E-state index contributed by atoms with van der Waals surface area (Å²) in [5.74, 6) is -0.904. The van der Waals surface area contributed by atoms with Gasteiger partial charge in [0, 0.05) is 37.4 Å². The standard InChI is InChI=1S/2C5H5N.C5H10O3.C5H8O2.H2O/c2*1-2-4-6-5-3-1;1-4(6)2-3-5(7)8;1-4-2-3-5(6)7-4;/h2*1-5H;4,6H,2-3H2,1H3,(H,7,8);4H,2-3H2,1H3;1H2/p+1. The number of aliphatic hydroxyl groups excluding tert-OH is 1. The number of carboxylic acids is 1. The highest BCUT2D eigenvalue weighted by Gasteiger charge is 2.17. The first-order valence-corrected chi connectivity index (χ1v) is 8.77. The molecule has 2 unspecified atom stereocenters. The minimum Gasteiger partial charge on any atom is -0.481 e. The van der Waals surface area contributed by atoms with Gasteiger partial charge in [-0.1, -0.05) is 12.1 Å². The molecule has 0 aromatic carbocycles. The fraction of sp³-hybridized carbons (Fsp3) is 0.400. The fourth-order valence-electron chi connectivity index (χ4n) is 1.65. The molecule has 1 fully saturated rings. The Morgan fingerprint density at radius 1 is 1.21 bits per heavy atom. The number of carbonyl (C=O) groups excluding carboxylic acids is 1. The van der Waals surface area contributed by atoms with Crippen LogP contribution >= 0.6 is 0 Å². The summed E-state index contributed by atoms with van der Waals surface area (Å²) < 4.78 is 4.72. The molecule has 0 amide bonds. The van der Waals surface area contributed by atoms with E-state index in [0.717, 1.165) is 6.42 Å². The minimum atomic E-state index is -0.856. The molecule has 0 radical (unpaired) electrons.